The van der Waals surface area contributed by atoms with Crippen LogP contribution in [0, 0.1) is 13.8 Å². The van der Waals surface area contributed by atoms with Crippen LogP contribution in [0.1, 0.15) is 59.7 Å². The monoisotopic (exact) mass is 343 g/mol. The summed E-state index contributed by atoms with van der Waals surface area (Å²) in [5.41, 5.74) is 2.08. The van der Waals surface area contributed by atoms with Crippen molar-refractivity contribution in [3.8, 4) is 0 Å². The number of likely N-dealkylation sites (tertiary alicyclic amines) is 1. The molecule has 1 saturated heterocycles. The van der Waals surface area contributed by atoms with Gasteiger partial charge in [-0.2, -0.15) is 5.10 Å². The first kappa shape index (κ1) is 17.4. The SMILES string of the molecule is CCCn1cc(C(=O)N2CCC[C@@H](c3cc(=O)[nH]c(C)n3)C2)c(C)n1. The minimum atomic E-state index is -0.136. The number of piperidine rings is 1. The van der Waals surface area contributed by atoms with Crippen molar-refractivity contribution in [2.75, 3.05) is 13.1 Å². The molecule has 0 saturated carbocycles. The van der Waals surface area contributed by atoms with E-state index in [-0.39, 0.29) is 17.4 Å². The van der Waals surface area contributed by atoms with Crippen molar-refractivity contribution >= 4 is 5.91 Å². The second kappa shape index (κ2) is 7.21. The van der Waals surface area contributed by atoms with Crippen molar-refractivity contribution in [3.63, 3.8) is 0 Å². The molecule has 7 heteroatoms. The van der Waals surface area contributed by atoms with Crippen LogP contribution in [0.25, 0.3) is 0 Å². The lowest BCUT2D eigenvalue weighted by atomic mass is 9.94. The van der Waals surface area contributed by atoms with Crippen LogP contribution in [0.3, 0.4) is 0 Å². The summed E-state index contributed by atoms with van der Waals surface area (Å²) in [6.45, 7) is 7.88. The van der Waals surface area contributed by atoms with Gasteiger partial charge in [0, 0.05) is 37.8 Å². The number of aromatic amines is 1. The molecular formula is C18H25N5O2. The number of H-pyrrole nitrogens is 1. The van der Waals surface area contributed by atoms with E-state index in [0.717, 1.165) is 43.7 Å². The topological polar surface area (TPSA) is 83.9 Å². The van der Waals surface area contributed by atoms with E-state index in [1.165, 1.54) is 0 Å². The Morgan fingerprint density at radius 1 is 1.40 bits per heavy atom. The standard InChI is InChI=1S/C18H25N5O2/c1-4-7-23-11-15(12(2)21-23)18(25)22-8-5-6-14(10-22)16-9-17(24)20-13(3)19-16/h9,11,14H,4-8,10H2,1-3H3,(H,19,20,24)/t14-/m1/s1. The highest BCUT2D eigenvalue weighted by molar-refractivity contribution is 5.95. The zero-order chi connectivity index (χ0) is 18.0. The number of hydrogen-bond acceptors (Lipinski definition) is 4. The third kappa shape index (κ3) is 3.81. The largest absolute Gasteiger partial charge is 0.338 e. The number of hydrogen-bond donors (Lipinski definition) is 1. The number of amides is 1. The highest BCUT2D eigenvalue weighted by Crippen LogP contribution is 2.26. The van der Waals surface area contributed by atoms with Crippen molar-refractivity contribution in [2.24, 2.45) is 0 Å². The molecule has 0 radical (unpaired) electrons. The fraction of sp³-hybridized carbons (Fsp3) is 0.556. The summed E-state index contributed by atoms with van der Waals surface area (Å²) in [6.07, 6.45) is 4.67. The molecule has 1 aliphatic rings. The summed E-state index contributed by atoms with van der Waals surface area (Å²) >= 11 is 0. The van der Waals surface area contributed by atoms with Crippen molar-refractivity contribution in [2.45, 2.75) is 52.5 Å². The maximum absolute atomic E-state index is 12.9. The van der Waals surface area contributed by atoms with Crippen LogP contribution in [0.2, 0.25) is 0 Å². The first-order valence-electron chi connectivity index (χ1n) is 8.89. The van der Waals surface area contributed by atoms with E-state index < -0.39 is 0 Å². The lowest BCUT2D eigenvalue weighted by molar-refractivity contribution is 0.0705. The molecule has 25 heavy (non-hydrogen) atoms. The summed E-state index contributed by atoms with van der Waals surface area (Å²) < 4.78 is 1.84. The van der Waals surface area contributed by atoms with Gasteiger partial charge in [-0.3, -0.25) is 14.3 Å². The molecule has 0 bridgehead atoms. The first-order chi connectivity index (χ1) is 12.0. The van der Waals surface area contributed by atoms with Crippen LogP contribution in [0.5, 0.6) is 0 Å². The molecule has 3 heterocycles. The zero-order valence-corrected chi connectivity index (χ0v) is 15.1. The summed E-state index contributed by atoms with van der Waals surface area (Å²) in [5.74, 6) is 0.735. The summed E-state index contributed by atoms with van der Waals surface area (Å²) in [6, 6.07) is 1.55. The van der Waals surface area contributed by atoms with E-state index in [1.54, 1.807) is 13.0 Å². The lowest BCUT2D eigenvalue weighted by Gasteiger charge is -2.32. The third-order valence-corrected chi connectivity index (χ3v) is 4.64. The summed E-state index contributed by atoms with van der Waals surface area (Å²) in [4.78, 5) is 33.6. The molecule has 1 aliphatic heterocycles. The molecule has 0 unspecified atom stereocenters. The van der Waals surface area contributed by atoms with Gasteiger partial charge in [-0.25, -0.2) is 4.98 Å². The van der Waals surface area contributed by atoms with Gasteiger partial charge >= 0.3 is 0 Å². The normalized spacial score (nSPS) is 17.7. The molecule has 0 spiro atoms. The van der Waals surface area contributed by atoms with E-state index in [1.807, 2.05) is 22.7 Å². The second-order valence-electron chi connectivity index (χ2n) is 6.74. The number of nitrogens with one attached hydrogen (secondary N) is 1. The van der Waals surface area contributed by atoms with Gasteiger partial charge in [-0.05, 0) is 33.1 Å². The number of rotatable bonds is 4. The Hall–Kier alpha value is -2.44. The summed E-state index contributed by atoms with van der Waals surface area (Å²) in [7, 11) is 0. The third-order valence-electron chi connectivity index (χ3n) is 4.64. The molecule has 7 nitrogen and oxygen atoms in total. The minimum absolute atomic E-state index is 0.0196. The Morgan fingerprint density at radius 3 is 2.92 bits per heavy atom. The Balaban J connectivity index is 1.79. The molecule has 1 atom stereocenters. The van der Waals surface area contributed by atoms with Gasteiger partial charge in [0.15, 0.2) is 0 Å². The van der Waals surface area contributed by atoms with Crippen molar-refractivity contribution < 1.29 is 4.79 Å². The van der Waals surface area contributed by atoms with Gasteiger partial charge in [-0.1, -0.05) is 6.92 Å². The van der Waals surface area contributed by atoms with Crippen LogP contribution < -0.4 is 5.56 Å². The van der Waals surface area contributed by atoms with Gasteiger partial charge in [0.1, 0.15) is 5.82 Å². The van der Waals surface area contributed by atoms with Crippen LogP contribution in [0.4, 0.5) is 0 Å². The van der Waals surface area contributed by atoms with Gasteiger partial charge in [0.05, 0.1) is 17.0 Å². The van der Waals surface area contributed by atoms with Crippen molar-refractivity contribution in [1.29, 1.82) is 0 Å². The van der Waals surface area contributed by atoms with Crippen molar-refractivity contribution in [1.82, 2.24) is 24.6 Å². The Morgan fingerprint density at radius 2 is 2.20 bits per heavy atom. The smallest absolute Gasteiger partial charge is 0.257 e. The number of aromatic nitrogens is 4. The van der Waals surface area contributed by atoms with E-state index in [4.69, 9.17) is 0 Å². The van der Waals surface area contributed by atoms with E-state index in [0.29, 0.717) is 17.9 Å². The number of nitrogens with zero attached hydrogens (tertiary/aromatic N) is 4. The quantitative estimate of drug-likeness (QED) is 0.920. The highest BCUT2D eigenvalue weighted by Gasteiger charge is 2.28. The maximum atomic E-state index is 12.9. The van der Waals surface area contributed by atoms with Gasteiger partial charge < -0.3 is 9.88 Å². The average molecular weight is 343 g/mol. The second-order valence-corrected chi connectivity index (χ2v) is 6.74. The number of carbonyl (C=O) groups excluding carboxylic acids is 1. The van der Waals surface area contributed by atoms with E-state index in [2.05, 4.69) is 22.0 Å². The van der Waals surface area contributed by atoms with Crippen LogP contribution >= 0.6 is 0 Å². The summed E-state index contributed by atoms with van der Waals surface area (Å²) in [5, 5.41) is 4.43. The molecule has 1 fully saturated rings. The van der Waals surface area contributed by atoms with Gasteiger partial charge in [-0.15, -0.1) is 0 Å². The predicted molar refractivity (Wildman–Crippen MR) is 94.7 cm³/mol. The molecule has 1 N–H and O–H groups in total. The molecule has 0 aliphatic carbocycles. The fourth-order valence-electron chi connectivity index (χ4n) is 3.46. The first-order valence-corrected chi connectivity index (χ1v) is 8.89. The Labute approximate surface area is 147 Å². The molecular weight excluding hydrogens is 318 g/mol. The molecule has 2 aromatic heterocycles. The fourth-order valence-corrected chi connectivity index (χ4v) is 3.46. The Kier molecular flexibility index (Phi) is 5.01. The van der Waals surface area contributed by atoms with Crippen molar-refractivity contribution in [3.05, 3.63) is 45.4 Å². The van der Waals surface area contributed by atoms with E-state index >= 15 is 0 Å². The lowest BCUT2D eigenvalue weighted by Crippen LogP contribution is -2.39. The van der Waals surface area contributed by atoms with Crippen LogP contribution in [-0.4, -0.2) is 43.6 Å². The maximum Gasteiger partial charge on any atom is 0.257 e. The van der Waals surface area contributed by atoms with Gasteiger partial charge in [0.2, 0.25) is 0 Å². The average Bonchev–Trinajstić information content (AvgIpc) is 2.94. The van der Waals surface area contributed by atoms with E-state index in [9.17, 15) is 9.59 Å². The highest BCUT2D eigenvalue weighted by atomic mass is 16.2. The molecule has 0 aromatic carbocycles. The number of aryl methyl sites for hydroxylation is 3. The predicted octanol–water partition coefficient (Wildman–Crippen LogP) is 2.01. The molecule has 1 amide bonds. The van der Waals surface area contributed by atoms with Gasteiger partial charge in [0.25, 0.3) is 11.5 Å². The molecule has 134 valence electrons. The van der Waals surface area contributed by atoms with Crippen LogP contribution in [-0.2, 0) is 6.54 Å². The molecule has 2 aromatic rings. The Bertz CT molecular complexity index is 823. The zero-order valence-electron chi connectivity index (χ0n) is 15.1. The minimum Gasteiger partial charge on any atom is -0.338 e. The molecule has 3 rings (SSSR count). The van der Waals surface area contributed by atoms with Crippen LogP contribution in [0.15, 0.2) is 17.1 Å². The number of carbonyl (C=O) groups is 1.